The number of methoxy groups -OCH3 is 1. The molecular weight excluding hydrogens is 629 g/mol. The third kappa shape index (κ3) is 9.03. The molecule has 0 unspecified atom stereocenters. The predicted molar refractivity (Wildman–Crippen MR) is 172 cm³/mol. The number of halogens is 3. The summed E-state index contributed by atoms with van der Waals surface area (Å²) in [6.45, 7) is 2.26. The quantitative estimate of drug-likeness (QED) is 0.115. The second-order valence-electron chi connectivity index (χ2n) is 9.07. The summed E-state index contributed by atoms with van der Waals surface area (Å²) in [5.41, 5.74) is 4.79. The van der Waals surface area contributed by atoms with Crippen LogP contribution < -0.4 is 29.7 Å². The highest BCUT2D eigenvalue weighted by Gasteiger charge is 2.15. The van der Waals surface area contributed by atoms with E-state index >= 15 is 0 Å². The van der Waals surface area contributed by atoms with Crippen molar-refractivity contribution in [3.8, 4) is 23.0 Å². The van der Waals surface area contributed by atoms with Gasteiger partial charge in [0, 0.05) is 11.3 Å². The summed E-state index contributed by atoms with van der Waals surface area (Å²) in [6.07, 6.45) is 1.40. The standard InChI is InChI=1S/C32H28Cl3N3O6/c1-3-42-28-15-22(9-12-27(28)43-18-20-7-5-4-6-8-20)32(40)38-36-17-21-13-26(35)31(29(14-21)41-2)44-19-30(39)37-23-10-11-24(33)25(34)16-23/h4-17H,3,18-19H2,1-2H3,(H,37,39)(H,38,40)/b36-17+. The van der Waals surface area contributed by atoms with E-state index in [4.69, 9.17) is 53.8 Å². The van der Waals surface area contributed by atoms with E-state index in [-0.39, 0.29) is 23.1 Å². The van der Waals surface area contributed by atoms with Crippen LogP contribution in [0.5, 0.6) is 23.0 Å². The number of hydrogen-bond acceptors (Lipinski definition) is 7. The summed E-state index contributed by atoms with van der Waals surface area (Å²) in [5, 5.41) is 7.55. The first-order valence-corrected chi connectivity index (χ1v) is 14.4. The molecule has 0 bridgehead atoms. The van der Waals surface area contributed by atoms with E-state index in [2.05, 4.69) is 15.8 Å². The number of rotatable bonds is 13. The number of nitrogens with zero attached hydrogens (tertiary/aromatic N) is 1. The number of hydrogen-bond donors (Lipinski definition) is 2. The van der Waals surface area contributed by atoms with Crippen LogP contribution in [0.15, 0.2) is 84.0 Å². The molecule has 2 amide bonds. The van der Waals surface area contributed by atoms with Crippen LogP contribution in [0.1, 0.15) is 28.4 Å². The highest BCUT2D eigenvalue weighted by atomic mass is 35.5. The van der Waals surface area contributed by atoms with Gasteiger partial charge in [-0.3, -0.25) is 9.59 Å². The Bertz CT molecular complexity index is 1650. The number of anilines is 1. The number of hydrazone groups is 1. The van der Waals surface area contributed by atoms with Gasteiger partial charge < -0.3 is 24.3 Å². The number of benzene rings is 4. The highest BCUT2D eigenvalue weighted by Crippen LogP contribution is 2.36. The van der Waals surface area contributed by atoms with Gasteiger partial charge >= 0.3 is 0 Å². The zero-order valence-electron chi connectivity index (χ0n) is 23.7. The van der Waals surface area contributed by atoms with E-state index in [9.17, 15) is 9.59 Å². The van der Waals surface area contributed by atoms with Crippen LogP contribution in [-0.4, -0.2) is 38.4 Å². The molecule has 0 saturated heterocycles. The average Bonchev–Trinajstić information content (AvgIpc) is 3.02. The number of carbonyl (C=O) groups is 2. The van der Waals surface area contributed by atoms with Gasteiger partial charge in [-0.15, -0.1) is 0 Å². The monoisotopic (exact) mass is 655 g/mol. The molecule has 0 aromatic heterocycles. The fourth-order valence-corrected chi connectivity index (χ4v) is 4.44. The number of nitrogens with one attached hydrogen (secondary N) is 2. The molecule has 44 heavy (non-hydrogen) atoms. The molecule has 4 aromatic rings. The van der Waals surface area contributed by atoms with Gasteiger partial charge in [0.05, 0.1) is 35.0 Å². The number of ether oxygens (including phenoxy) is 4. The number of carbonyl (C=O) groups excluding carboxylic acids is 2. The maximum absolute atomic E-state index is 12.8. The van der Waals surface area contributed by atoms with Crippen LogP contribution in [0, 0.1) is 0 Å². The van der Waals surface area contributed by atoms with Gasteiger partial charge in [0.25, 0.3) is 11.8 Å². The molecule has 0 aliphatic carbocycles. The molecule has 2 N–H and O–H groups in total. The molecule has 0 heterocycles. The Kier molecular flexibility index (Phi) is 11.7. The van der Waals surface area contributed by atoms with Crippen molar-refractivity contribution in [2.24, 2.45) is 5.10 Å². The molecule has 0 aliphatic heterocycles. The Morgan fingerprint density at radius 3 is 2.34 bits per heavy atom. The van der Waals surface area contributed by atoms with Crippen molar-refractivity contribution in [3.63, 3.8) is 0 Å². The third-order valence-electron chi connectivity index (χ3n) is 5.93. The Labute approximate surface area is 269 Å². The molecule has 0 saturated carbocycles. The summed E-state index contributed by atoms with van der Waals surface area (Å²) in [6, 6.07) is 22.5. The van der Waals surface area contributed by atoms with Crippen molar-refractivity contribution in [1.82, 2.24) is 5.43 Å². The second-order valence-corrected chi connectivity index (χ2v) is 10.3. The second kappa shape index (κ2) is 15.9. The first-order chi connectivity index (χ1) is 21.3. The first-order valence-electron chi connectivity index (χ1n) is 13.3. The van der Waals surface area contributed by atoms with Crippen molar-refractivity contribution < 1.29 is 28.5 Å². The van der Waals surface area contributed by atoms with E-state index < -0.39 is 11.8 Å². The molecule has 0 spiro atoms. The average molecular weight is 657 g/mol. The topological polar surface area (TPSA) is 107 Å². The molecule has 0 radical (unpaired) electrons. The van der Waals surface area contributed by atoms with Crippen LogP contribution in [0.25, 0.3) is 0 Å². The van der Waals surface area contributed by atoms with Crippen molar-refractivity contribution in [2.75, 3.05) is 25.6 Å². The summed E-state index contributed by atoms with van der Waals surface area (Å²) in [4.78, 5) is 25.2. The fraction of sp³-hybridized carbons (Fsp3) is 0.156. The first kappa shape index (κ1) is 32.5. The van der Waals surface area contributed by atoms with Crippen molar-refractivity contribution in [1.29, 1.82) is 0 Å². The maximum Gasteiger partial charge on any atom is 0.271 e. The van der Waals surface area contributed by atoms with Crippen molar-refractivity contribution in [3.05, 3.63) is 111 Å². The maximum atomic E-state index is 12.8. The summed E-state index contributed by atoms with van der Waals surface area (Å²) >= 11 is 18.3. The van der Waals surface area contributed by atoms with Gasteiger partial charge in [-0.25, -0.2) is 5.43 Å². The van der Waals surface area contributed by atoms with E-state index in [1.807, 2.05) is 37.3 Å². The molecule has 0 atom stereocenters. The van der Waals surface area contributed by atoms with Crippen LogP contribution >= 0.6 is 34.8 Å². The molecule has 12 heteroatoms. The Morgan fingerprint density at radius 2 is 1.61 bits per heavy atom. The van der Waals surface area contributed by atoms with Crippen LogP contribution in [0.4, 0.5) is 5.69 Å². The van der Waals surface area contributed by atoms with Gasteiger partial charge in [0.2, 0.25) is 0 Å². The minimum absolute atomic E-state index is 0.165. The van der Waals surface area contributed by atoms with Gasteiger partial charge in [-0.2, -0.15) is 5.10 Å². The van der Waals surface area contributed by atoms with Crippen LogP contribution in [0.3, 0.4) is 0 Å². The van der Waals surface area contributed by atoms with Crippen LogP contribution in [-0.2, 0) is 11.4 Å². The smallest absolute Gasteiger partial charge is 0.271 e. The number of amides is 2. The van der Waals surface area contributed by atoms with Crippen molar-refractivity contribution in [2.45, 2.75) is 13.5 Å². The van der Waals surface area contributed by atoms with Crippen molar-refractivity contribution >= 4 is 58.5 Å². The highest BCUT2D eigenvalue weighted by molar-refractivity contribution is 6.42. The minimum Gasteiger partial charge on any atom is -0.493 e. The lowest BCUT2D eigenvalue weighted by atomic mass is 10.2. The van der Waals surface area contributed by atoms with E-state index in [0.717, 1.165) is 5.56 Å². The molecule has 4 rings (SSSR count). The lowest BCUT2D eigenvalue weighted by Crippen LogP contribution is -2.20. The normalized spacial score (nSPS) is 10.8. The Balaban J connectivity index is 1.36. The molecule has 0 fully saturated rings. The summed E-state index contributed by atoms with van der Waals surface area (Å²) < 4.78 is 22.6. The Morgan fingerprint density at radius 1 is 0.818 bits per heavy atom. The third-order valence-corrected chi connectivity index (χ3v) is 6.95. The van der Waals surface area contributed by atoms with E-state index in [0.29, 0.717) is 51.6 Å². The summed E-state index contributed by atoms with van der Waals surface area (Å²) in [5.74, 6) is 0.489. The molecule has 0 aliphatic rings. The van der Waals surface area contributed by atoms with Gasteiger partial charge in [-0.1, -0.05) is 65.1 Å². The van der Waals surface area contributed by atoms with E-state index in [1.165, 1.54) is 19.4 Å². The Hall–Kier alpha value is -4.44. The van der Waals surface area contributed by atoms with Crippen LogP contribution in [0.2, 0.25) is 15.1 Å². The lowest BCUT2D eigenvalue weighted by Gasteiger charge is -2.14. The molecule has 4 aromatic carbocycles. The zero-order valence-corrected chi connectivity index (χ0v) is 26.0. The molecule has 9 nitrogen and oxygen atoms in total. The van der Waals surface area contributed by atoms with Gasteiger partial charge in [0.1, 0.15) is 6.61 Å². The molecule has 228 valence electrons. The molecular formula is C32H28Cl3N3O6. The fourth-order valence-electron chi connectivity index (χ4n) is 3.87. The zero-order chi connectivity index (χ0) is 31.5. The minimum atomic E-state index is -0.456. The lowest BCUT2D eigenvalue weighted by molar-refractivity contribution is -0.118. The van der Waals surface area contributed by atoms with E-state index in [1.54, 1.807) is 42.5 Å². The summed E-state index contributed by atoms with van der Waals surface area (Å²) in [7, 11) is 1.43. The largest absolute Gasteiger partial charge is 0.493 e. The SMILES string of the molecule is CCOc1cc(C(=O)N/N=C/c2cc(Cl)c(OCC(=O)Nc3ccc(Cl)c(Cl)c3)c(OC)c2)ccc1OCc1ccccc1. The van der Waals surface area contributed by atoms with Gasteiger partial charge in [0.15, 0.2) is 29.6 Å². The van der Waals surface area contributed by atoms with Gasteiger partial charge in [-0.05, 0) is 66.6 Å². The predicted octanol–water partition coefficient (Wildman–Crippen LogP) is 7.41.